The van der Waals surface area contributed by atoms with E-state index in [1.54, 1.807) is 13.3 Å². The number of thioether (sulfide) groups is 1. The van der Waals surface area contributed by atoms with Gasteiger partial charge in [-0.05, 0) is 37.0 Å². The standard InChI is InChI=1S/C15H27N3OS.HI/c1-16-15(17-10-5-3-4-6-13-20-2)18-11-9-14-8-7-12-19-14;/h7-8,12H,3-6,9-11,13H2,1-2H3,(H2,16,17,18);1H. The van der Waals surface area contributed by atoms with Crippen LogP contribution in [0.4, 0.5) is 0 Å². The second kappa shape index (κ2) is 14.6. The molecular weight excluding hydrogens is 397 g/mol. The highest BCUT2D eigenvalue weighted by Gasteiger charge is 1.99. The quantitative estimate of drug-likeness (QED) is 0.261. The van der Waals surface area contributed by atoms with Crippen molar-refractivity contribution < 1.29 is 4.42 Å². The molecule has 21 heavy (non-hydrogen) atoms. The van der Waals surface area contributed by atoms with Crippen molar-refractivity contribution in [3.63, 3.8) is 0 Å². The minimum absolute atomic E-state index is 0. The van der Waals surface area contributed by atoms with E-state index >= 15 is 0 Å². The van der Waals surface area contributed by atoms with E-state index in [9.17, 15) is 0 Å². The first-order chi connectivity index (χ1) is 9.86. The molecule has 4 nitrogen and oxygen atoms in total. The molecule has 0 aliphatic heterocycles. The summed E-state index contributed by atoms with van der Waals surface area (Å²) in [7, 11) is 1.81. The van der Waals surface area contributed by atoms with Crippen LogP contribution in [0.25, 0.3) is 0 Å². The van der Waals surface area contributed by atoms with Crippen LogP contribution in [-0.4, -0.2) is 38.1 Å². The number of nitrogens with zero attached hydrogens (tertiary/aromatic N) is 1. The van der Waals surface area contributed by atoms with Gasteiger partial charge in [-0.2, -0.15) is 11.8 Å². The van der Waals surface area contributed by atoms with E-state index in [2.05, 4.69) is 21.9 Å². The van der Waals surface area contributed by atoms with Crippen molar-refractivity contribution in [3.05, 3.63) is 24.2 Å². The van der Waals surface area contributed by atoms with Crippen molar-refractivity contribution in [2.24, 2.45) is 4.99 Å². The topological polar surface area (TPSA) is 49.6 Å². The lowest BCUT2D eigenvalue weighted by Gasteiger charge is -2.11. The van der Waals surface area contributed by atoms with Gasteiger partial charge in [-0.15, -0.1) is 24.0 Å². The van der Waals surface area contributed by atoms with Crippen LogP contribution in [0.2, 0.25) is 0 Å². The Morgan fingerprint density at radius 2 is 1.95 bits per heavy atom. The molecule has 0 aliphatic carbocycles. The Labute approximate surface area is 150 Å². The molecule has 6 heteroatoms. The third-order valence-electron chi connectivity index (χ3n) is 3.04. The van der Waals surface area contributed by atoms with E-state index < -0.39 is 0 Å². The van der Waals surface area contributed by atoms with E-state index in [4.69, 9.17) is 4.42 Å². The summed E-state index contributed by atoms with van der Waals surface area (Å²) in [5.74, 6) is 3.16. The first-order valence-corrected chi connectivity index (χ1v) is 8.72. The molecule has 0 radical (unpaired) electrons. The number of unbranched alkanes of at least 4 members (excludes halogenated alkanes) is 3. The summed E-state index contributed by atoms with van der Waals surface area (Å²) in [5, 5.41) is 6.64. The van der Waals surface area contributed by atoms with Gasteiger partial charge in [0.2, 0.25) is 0 Å². The third kappa shape index (κ3) is 10.9. The Morgan fingerprint density at radius 3 is 2.62 bits per heavy atom. The Kier molecular flexibility index (Phi) is 14.3. The zero-order valence-corrected chi connectivity index (χ0v) is 16.2. The molecule has 1 rings (SSSR count). The zero-order valence-electron chi connectivity index (χ0n) is 13.1. The Bertz CT molecular complexity index is 358. The Hall–Kier alpha value is -0.370. The van der Waals surface area contributed by atoms with Gasteiger partial charge in [0.15, 0.2) is 5.96 Å². The highest BCUT2D eigenvalue weighted by Crippen LogP contribution is 2.03. The summed E-state index contributed by atoms with van der Waals surface area (Å²) in [6.07, 6.45) is 9.90. The van der Waals surface area contributed by atoms with Gasteiger partial charge in [0.25, 0.3) is 0 Å². The smallest absolute Gasteiger partial charge is 0.190 e. The largest absolute Gasteiger partial charge is 0.469 e. The van der Waals surface area contributed by atoms with Gasteiger partial charge in [0.1, 0.15) is 5.76 Å². The average Bonchev–Trinajstić information content (AvgIpc) is 2.97. The molecule has 0 bridgehead atoms. The summed E-state index contributed by atoms with van der Waals surface area (Å²) < 4.78 is 5.29. The second-order valence-corrected chi connectivity index (χ2v) is 5.65. The minimum atomic E-state index is 0. The molecule has 122 valence electrons. The molecule has 0 amide bonds. The van der Waals surface area contributed by atoms with Crippen LogP contribution in [0.3, 0.4) is 0 Å². The molecule has 0 spiro atoms. The lowest BCUT2D eigenvalue weighted by molar-refractivity contribution is 0.506. The van der Waals surface area contributed by atoms with Crippen molar-refractivity contribution in [2.45, 2.75) is 32.1 Å². The number of hydrogen-bond acceptors (Lipinski definition) is 3. The van der Waals surface area contributed by atoms with Crippen molar-refractivity contribution in [1.29, 1.82) is 0 Å². The summed E-state index contributed by atoms with van der Waals surface area (Å²) in [6.45, 7) is 1.82. The number of rotatable bonds is 10. The predicted molar refractivity (Wildman–Crippen MR) is 104 cm³/mol. The molecule has 2 N–H and O–H groups in total. The molecule has 0 atom stereocenters. The fourth-order valence-electron chi connectivity index (χ4n) is 1.91. The summed E-state index contributed by atoms with van der Waals surface area (Å²) >= 11 is 1.93. The third-order valence-corrected chi connectivity index (χ3v) is 3.73. The van der Waals surface area contributed by atoms with Gasteiger partial charge in [-0.3, -0.25) is 4.99 Å². The Morgan fingerprint density at radius 1 is 1.19 bits per heavy atom. The van der Waals surface area contributed by atoms with E-state index in [1.165, 1.54) is 31.4 Å². The van der Waals surface area contributed by atoms with E-state index in [1.807, 2.05) is 23.9 Å². The van der Waals surface area contributed by atoms with Gasteiger partial charge in [-0.25, -0.2) is 0 Å². The van der Waals surface area contributed by atoms with Gasteiger partial charge in [-0.1, -0.05) is 12.8 Å². The molecule has 1 aromatic heterocycles. The van der Waals surface area contributed by atoms with Gasteiger partial charge < -0.3 is 15.1 Å². The Balaban J connectivity index is 0.00000400. The zero-order chi connectivity index (χ0) is 14.5. The summed E-state index contributed by atoms with van der Waals surface area (Å²) in [4.78, 5) is 4.21. The van der Waals surface area contributed by atoms with Crippen molar-refractivity contribution in [3.8, 4) is 0 Å². The maximum absolute atomic E-state index is 5.29. The van der Waals surface area contributed by atoms with Crippen molar-refractivity contribution in [1.82, 2.24) is 10.6 Å². The van der Waals surface area contributed by atoms with Gasteiger partial charge >= 0.3 is 0 Å². The number of furan rings is 1. The van der Waals surface area contributed by atoms with E-state index in [-0.39, 0.29) is 24.0 Å². The molecule has 0 saturated heterocycles. The molecule has 0 aromatic carbocycles. The maximum atomic E-state index is 5.29. The fourth-order valence-corrected chi connectivity index (χ4v) is 2.40. The van der Waals surface area contributed by atoms with Crippen LogP contribution >= 0.6 is 35.7 Å². The van der Waals surface area contributed by atoms with Crippen LogP contribution in [0.15, 0.2) is 27.8 Å². The molecule has 0 aliphatic rings. The normalized spacial score (nSPS) is 11.0. The monoisotopic (exact) mass is 425 g/mol. The highest BCUT2D eigenvalue weighted by molar-refractivity contribution is 14.0. The van der Waals surface area contributed by atoms with Crippen LogP contribution < -0.4 is 10.6 Å². The number of aliphatic imine (C=N–C) groups is 1. The van der Waals surface area contributed by atoms with E-state index in [0.717, 1.165) is 31.2 Å². The first kappa shape index (κ1) is 20.6. The van der Waals surface area contributed by atoms with E-state index in [0.29, 0.717) is 0 Å². The molecular formula is C15H28IN3OS. The molecule has 0 unspecified atom stereocenters. The van der Waals surface area contributed by atoms with Crippen molar-refractivity contribution in [2.75, 3.05) is 32.1 Å². The average molecular weight is 425 g/mol. The van der Waals surface area contributed by atoms with Crippen LogP contribution in [-0.2, 0) is 6.42 Å². The van der Waals surface area contributed by atoms with Crippen LogP contribution in [0.1, 0.15) is 31.4 Å². The van der Waals surface area contributed by atoms with Crippen molar-refractivity contribution >= 4 is 41.7 Å². The minimum Gasteiger partial charge on any atom is -0.469 e. The van der Waals surface area contributed by atoms with Crippen LogP contribution in [0.5, 0.6) is 0 Å². The van der Waals surface area contributed by atoms with Gasteiger partial charge in [0.05, 0.1) is 6.26 Å². The SMILES string of the molecule is CN=C(NCCCCCCSC)NCCc1ccco1.I. The van der Waals surface area contributed by atoms with Crippen LogP contribution in [0, 0.1) is 0 Å². The summed E-state index contributed by atoms with van der Waals surface area (Å²) in [5.41, 5.74) is 0. The number of hydrogen-bond donors (Lipinski definition) is 2. The number of halogens is 1. The number of guanidine groups is 1. The highest BCUT2D eigenvalue weighted by atomic mass is 127. The number of nitrogens with one attached hydrogen (secondary N) is 2. The molecule has 1 aromatic rings. The lowest BCUT2D eigenvalue weighted by Crippen LogP contribution is -2.38. The first-order valence-electron chi connectivity index (χ1n) is 7.32. The second-order valence-electron chi connectivity index (χ2n) is 4.66. The molecule has 0 saturated carbocycles. The van der Waals surface area contributed by atoms with Gasteiger partial charge in [0, 0.05) is 26.6 Å². The lowest BCUT2D eigenvalue weighted by atomic mass is 10.2. The molecule has 1 heterocycles. The predicted octanol–water partition coefficient (Wildman–Crippen LogP) is 3.53. The maximum Gasteiger partial charge on any atom is 0.190 e. The fraction of sp³-hybridized carbons (Fsp3) is 0.667. The summed E-state index contributed by atoms with van der Waals surface area (Å²) in [6, 6.07) is 3.91. The molecule has 0 fully saturated rings.